The number of benzene rings is 16. The van der Waals surface area contributed by atoms with E-state index in [0.717, 1.165) is 143 Å². The first-order valence-electron chi connectivity index (χ1n) is 37.6. The molecule has 16 aromatic carbocycles. The molecule has 0 radical (unpaired) electrons. The molecule has 7 aromatic heterocycles. The van der Waals surface area contributed by atoms with Gasteiger partial charge in [0.25, 0.3) is 0 Å². The third kappa shape index (κ3) is 9.42. The van der Waals surface area contributed by atoms with Crippen LogP contribution in [-0.4, -0.2) is 42.4 Å². The number of para-hydroxylation sites is 8. The number of rotatable bonds is 10. The highest BCUT2D eigenvalue weighted by atomic mass is 19.4. The summed E-state index contributed by atoms with van der Waals surface area (Å²) in [5.74, 6) is 0.903. The summed E-state index contributed by atoms with van der Waals surface area (Å²) in [5, 5.41) is 12.4. The Kier molecular flexibility index (Phi) is 13.7. The number of nitrogens with zero attached hydrogens (tertiary/aromatic N) is 9. The summed E-state index contributed by atoms with van der Waals surface area (Å²) in [6, 6.07) is 124. The van der Waals surface area contributed by atoms with Gasteiger partial charge in [0.15, 0.2) is 17.5 Å². The third-order valence-electron chi connectivity index (χ3n) is 22.9. The van der Waals surface area contributed by atoms with Crippen molar-refractivity contribution >= 4 is 131 Å². The molecular weight excluding hydrogens is 1380 g/mol. The van der Waals surface area contributed by atoms with Gasteiger partial charge in [0.05, 0.1) is 83.1 Å². The fourth-order valence-electron chi connectivity index (χ4n) is 18.2. The Balaban J connectivity index is 0.857. The highest BCUT2D eigenvalue weighted by Gasteiger charge is 2.38. The van der Waals surface area contributed by atoms with Gasteiger partial charge < -0.3 is 27.4 Å². The van der Waals surface area contributed by atoms with Gasteiger partial charge in [-0.1, -0.05) is 224 Å². The van der Waals surface area contributed by atoms with E-state index >= 15 is 13.2 Å². The molecule has 0 saturated heterocycles. The minimum absolute atomic E-state index is 0.0703. The summed E-state index contributed by atoms with van der Waals surface area (Å²) >= 11 is 0. The number of hydrogen-bond acceptors (Lipinski definition) is 3. The predicted octanol–water partition coefficient (Wildman–Crippen LogP) is 26.1. The molecule has 0 fully saturated rings. The van der Waals surface area contributed by atoms with Crippen LogP contribution in [0.1, 0.15) is 5.56 Å². The highest BCUT2D eigenvalue weighted by Crippen LogP contribution is 2.51. The molecule has 7 heterocycles. The quantitative estimate of drug-likeness (QED) is 0.137. The number of fused-ring (bicyclic) bond motifs is 18. The van der Waals surface area contributed by atoms with E-state index in [-0.39, 0.29) is 17.0 Å². The molecule has 0 N–H and O–H groups in total. The fourth-order valence-corrected chi connectivity index (χ4v) is 18.2. The molecule has 0 saturated carbocycles. The van der Waals surface area contributed by atoms with Crippen molar-refractivity contribution in [3.05, 3.63) is 370 Å². The lowest BCUT2D eigenvalue weighted by molar-refractivity contribution is -0.137. The molecule has 0 amide bonds. The Morgan fingerprint density at radius 1 is 0.196 bits per heavy atom. The molecule has 0 spiro atoms. The number of aromatic nitrogens is 9. The molecule has 0 aliphatic heterocycles. The maximum Gasteiger partial charge on any atom is 0.417 e. The number of hydrogen-bond donors (Lipinski definition) is 0. The Hall–Kier alpha value is -14.9. The molecule has 23 rings (SSSR count). The Labute approximate surface area is 637 Å². The van der Waals surface area contributed by atoms with Gasteiger partial charge in [0, 0.05) is 115 Å². The van der Waals surface area contributed by atoms with Crippen LogP contribution in [0.3, 0.4) is 0 Å². The minimum Gasteiger partial charge on any atom is -0.309 e. The second-order valence-corrected chi connectivity index (χ2v) is 28.9. The van der Waals surface area contributed by atoms with Crippen LogP contribution < -0.4 is 0 Å². The first-order valence-corrected chi connectivity index (χ1v) is 37.6. The summed E-state index contributed by atoms with van der Waals surface area (Å²) in [6.45, 7) is 0. The van der Waals surface area contributed by atoms with E-state index in [1.807, 2.05) is 84.9 Å². The number of alkyl halides is 3. The molecule has 12 heteroatoms. The van der Waals surface area contributed by atoms with Crippen molar-refractivity contribution in [2.24, 2.45) is 0 Å². The smallest absolute Gasteiger partial charge is 0.309 e. The average molecular weight is 1440 g/mol. The predicted molar refractivity (Wildman–Crippen MR) is 453 cm³/mol. The van der Waals surface area contributed by atoms with Gasteiger partial charge >= 0.3 is 6.18 Å². The van der Waals surface area contributed by atoms with E-state index in [4.69, 9.17) is 15.0 Å². The normalized spacial score (nSPS) is 12.2. The van der Waals surface area contributed by atoms with Crippen molar-refractivity contribution in [3.8, 4) is 79.4 Å². The molecule has 112 heavy (non-hydrogen) atoms. The van der Waals surface area contributed by atoms with Crippen molar-refractivity contribution in [1.82, 2.24) is 42.4 Å². The molecule has 0 bridgehead atoms. The zero-order valence-corrected chi connectivity index (χ0v) is 59.8. The van der Waals surface area contributed by atoms with Gasteiger partial charge in [-0.3, -0.25) is 0 Å². The maximum absolute atomic E-state index is 17.7. The zero-order chi connectivity index (χ0) is 74.0. The molecule has 0 unspecified atom stereocenters. The van der Waals surface area contributed by atoms with Crippen LogP contribution in [0.4, 0.5) is 13.2 Å². The van der Waals surface area contributed by atoms with Crippen molar-refractivity contribution < 1.29 is 13.2 Å². The zero-order valence-electron chi connectivity index (χ0n) is 59.8. The molecule has 9 nitrogen and oxygen atoms in total. The van der Waals surface area contributed by atoms with Gasteiger partial charge in [-0.05, 0) is 140 Å². The Bertz CT molecular complexity index is 7270. The van der Waals surface area contributed by atoms with Crippen LogP contribution in [0.15, 0.2) is 364 Å². The largest absolute Gasteiger partial charge is 0.417 e. The number of halogens is 3. The van der Waals surface area contributed by atoms with Gasteiger partial charge in [-0.15, -0.1) is 0 Å². The minimum atomic E-state index is -4.94. The third-order valence-corrected chi connectivity index (χ3v) is 22.9. The van der Waals surface area contributed by atoms with Crippen LogP contribution >= 0.6 is 0 Å². The Morgan fingerprint density at radius 2 is 0.446 bits per heavy atom. The van der Waals surface area contributed by atoms with Crippen molar-refractivity contribution in [2.75, 3.05) is 0 Å². The van der Waals surface area contributed by atoms with Gasteiger partial charge in [-0.25, -0.2) is 15.0 Å². The van der Waals surface area contributed by atoms with Crippen LogP contribution in [0.25, 0.3) is 210 Å². The molecule has 0 atom stereocenters. The SMILES string of the molecule is FC(F)(F)c1cccc(-n2c3ccc(-n4c5ccccc5c5ccccc54)cc3c3cc(-n4c5ccccc5c5ccccc54)ccc32)c1-c1c(-c2nc(-c3ccccc3)nc(-c3ccccc3)n2)cccc1-n1c2ccc(-n3c4ccccc4c4ccccc43)cc2c2cc(-n3c4ccccc4c4ccccc43)ccc21. The van der Waals surface area contributed by atoms with E-state index in [0.29, 0.717) is 50.7 Å². The topological polar surface area (TPSA) is 68.2 Å². The summed E-state index contributed by atoms with van der Waals surface area (Å²) in [7, 11) is 0. The molecule has 526 valence electrons. The summed E-state index contributed by atoms with van der Waals surface area (Å²) < 4.78 is 66.7. The molecular formula is C100H60F3N9. The monoisotopic (exact) mass is 1440 g/mol. The summed E-state index contributed by atoms with van der Waals surface area (Å²) in [4.78, 5) is 16.0. The molecule has 0 aliphatic carbocycles. The van der Waals surface area contributed by atoms with Crippen LogP contribution in [0.2, 0.25) is 0 Å². The van der Waals surface area contributed by atoms with Crippen LogP contribution in [-0.2, 0) is 6.18 Å². The lowest BCUT2D eigenvalue weighted by Crippen LogP contribution is -2.12. The first-order chi connectivity index (χ1) is 55.2. The van der Waals surface area contributed by atoms with E-state index in [2.05, 4.69) is 294 Å². The van der Waals surface area contributed by atoms with E-state index < -0.39 is 11.7 Å². The van der Waals surface area contributed by atoms with Crippen LogP contribution in [0, 0.1) is 0 Å². The van der Waals surface area contributed by atoms with E-state index in [9.17, 15) is 0 Å². The first kappa shape index (κ1) is 63.2. The maximum atomic E-state index is 17.7. The fraction of sp³-hybridized carbons (Fsp3) is 0.0100. The lowest BCUT2D eigenvalue weighted by atomic mass is 9.90. The highest BCUT2D eigenvalue weighted by molar-refractivity contribution is 6.18. The second kappa shape index (κ2) is 24.3. The second-order valence-electron chi connectivity index (χ2n) is 28.9. The summed E-state index contributed by atoms with van der Waals surface area (Å²) in [6.07, 6.45) is -4.94. The molecule has 23 aromatic rings. The van der Waals surface area contributed by atoms with E-state index in [1.54, 1.807) is 6.07 Å². The van der Waals surface area contributed by atoms with Crippen LogP contribution in [0.5, 0.6) is 0 Å². The lowest BCUT2D eigenvalue weighted by Gasteiger charge is -2.24. The summed E-state index contributed by atoms with van der Waals surface area (Å²) in [5.41, 5.74) is 16.7. The van der Waals surface area contributed by atoms with E-state index in [1.165, 1.54) is 6.07 Å². The van der Waals surface area contributed by atoms with Gasteiger partial charge in [-0.2, -0.15) is 13.2 Å². The van der Waals surface area contributed by atoms with Gasteiger partial charge in [0.1, 0.15) is 0 Å². The van der Waals surface area contributed by atoms with Gasteiger partial charge in [0.2, 0.25) is 0 Å². The van der Waals surface area contributed by atoms with Crippen molar-refractivity contribution in [2.45, 2.75) is 6.18 Å². The standard InChI is InChI=1S/C100H60F3N9/c101-100(102,103)80-38-24-48-94(112-91-55-51-65(109-85-43-19-11-33-71(85)72-34-12-20-44-86(72)109)59-78(91)79-60-66(52-56-92(79)112)110-87-45-21-13-35-73(87)74-36-14-22-46-88(74)110)96(80)95-75(99-105-97(61-25-3-1-4-26-61)104-98(106-99)62-27-5-2-6-28-62)37-23-47-93(95)111-89-53-49-63(107-81-39-15-7-29-67(81)68-30-8-16-40-82(68)107)57-76(89)77-58-64(50-54-90(77)111)108-83-41-17-9-31-69(83)70-32-10-18-42-84(70)108/h1-60H. The van der Waals surface area contributed by atoms with Crippen molar-refractivity contribution in [1.29, 1.82) is 0 Å². The average Bonchev–Trinajstić information content (AvgIpc) is 1.51. The Morgan fingerprint density at radius 3 is 0.741 bits per heavy atom. The molecule has 0 aliphatic rings. The van der Waals surface area contributed by atoms with Crippen molar-refractivity contribution in [3.63, 3.8) is 0 Å².